The van der Waals surface area contributed by atoms with E-state index in [0.717, 1.165) is 0 Å². The summed E-state index contributed by atoms with van der Waals surface area (Å²) >= 11 is 0. The zero-order valence-corrected chi connectivity index (χ0v) is 12.2. The molecule has 0 unspecified atom stereocenters. The molecule has 8 heteroatoms. The molecule has 0 aliphatic heterocycles. The molecule has 1 aromatic carbocycles. The van der Waals surface area contributed by atoms with Crippen LogP contribution in [0.3, 0.4) is 0 Å². The Morgan fingerprint density at radius 3 is 2.50 bits per heavy atom. The van der Waals surface area contributed by atoms with Gasteiger partial charge in [0.15, 0.2) is 0 Å². The van der Waals surface area contributed by atoms with Crippen LogP contribution >= 0.6 is 0 Å². The van der Waals surface area contributed by atoms with Gasteiger partial charge in [-0.15, -0.1) is 0 Å². The number of hydrogen-bond acceptors (Lipinski definition) is 4. The molecular formula is C16H12F2N4O2. The summed E-state index contributed by atoms with van der Waals surface area (Å²) in [6, 6.07) is 10.9. The van der Waals surface area contributed by atoms with E-state index in [1.807, 2.05) is 0 Å². The van der Waals surface area contributed by atoms with Crippen LogP contribution in [-0.4, -0.2) is 27.7 Å². The van der Waals surface area contributed by atoms with Gasteiger partial charge in [-0.3, -0.25) is 14.9 Å². The number of carbonyl (C=O) groups is 1. The first kappa shape index (κ1) is 15.6. The molecule has 0 aliphatic rings. The predicted molar refractivity (Wildman–Crippen MR) is 82.8 cm³/mol. The first-order valence-corrected chi connectivity index (χ1v) is 6.94. The zero-order valence-electron chi connectivity index (χ0n) is 12.2. The van der Waals surface area contributed by atoms with Gasteiger partial charge in [-0.2, -0.15) is 13.9 Å². The van der Waals surface area contributed by atoms with Gasteiger partial charge >= 0.3 is 6.61 Å². The summed E-state index contributed by atoms with van der Waals surface area (Å²) in [6.45, 7) is -2.87. The number of carbonyl (C=O) groups excluding carboxylic acids is 1. The van der Waals surface area contributed by atoms with Crippen LogP contribution in [0.2, 0.25) is 0 Å². The largest absolute Gasteiger partial charge is 0.435 e. The van der Waals surface area contributed by atoms with Crippen LogP contribution in [0.15, 0.2) is 54.9 Å². The molecule has 0 aliphatic carbocycles. The van der Waals surface area contributed by atoms with E-state index in [-0.39, 0.29) is 17.4 Å². The average Bonchev–Trinajstić information content (AvgIpc) is 3.06. The number of aromatic nitrogens is 3. The molecule has 0 saturated heterocycles. The summed E-state index contributed by atoms with van der Waals surface area (Å²) in [5.74, 6) is -0.294. The van der Waals surface area contributed by atoms with Crippen LogP contribution < -0.4 is 10.1 Å². The van der Waals surface area contributed by atoms with E-state index in [2.05, 4.69) is 25.2 Å². The molecule has 0 saturated carbocycles. The number of hydrogen-bond donors (Lipinski definition) is 2. The van der Waals surface area contributed by atoms with E-state index >= 15 is 0 Å². The van der Waals surface area contributed by atoms with Crippen LogP contribution in [0.1, 0.15) is 10.5 Å². The van der Waals surface area contributed by atoms with Crippen molar-refractivity contribution in [3.05, 3.63) is 60.6 Å². The van der Waals surface area contributed by atoms with Gasteiger partial charge in [0.05, 0.1) is 5.69 Å². The fourth-order valence-corrected chi connectivity index (χ4v) is 2.03. The minimum atomic E-state index is -2.87. The Balaban J connectivity index is 1.72. The van der Waals surface area contributed by atoms with Crippen molar-refractivity contribution in [1.82, 2.24) is 15.2 Å². The van der Waals surface area contributed by atoms with Gasteiger partial charge in [-0.05, 0) is 42.5 Å². The molecule has 0 spiro atoms. The molecule has 2 aromatic heterocycles. The van der Waals surface area contributed by atoms with E-state index in [1.54, 1.807) is 42.7 Å². The van der Waals surface area contributed by atoms with Gasteiger partial charge in [-0.1, -0.05) is 0 Å². The van der Waals surface area contributed by atoms with Gasteiger partial charge in [0, 0.05) is 23.6 Å². The Kier molecular flexibility index (Phi) is 4.46. The lowest BCUT2D eigenvalue weighted by Gasteiger charge is -2.04. The number of anilines is 1. The molecule has 24 heavy (non-hydrogen) atoms. The van der Waals surface area contributed by atoms with Gasteiger partial charge < -0.3 is 10.1 Å². The quantitative estimate of drug-likeness (QED) is 0.752. The highest BCUT2D eigenvalue weighted by Crippen LogP contribution is 2.22. The maximum absolute atomic E-state index is 12.1. The topological polar surface area (TPSA) is 79.9 Å². The lowest BCUT2D eigenvalue weighted by molar-refractivity contribution is -0.0498. The minimum absolute atomic E-state index is 0.0555. The summed E-state index contributed by atoms with van der Waals surface area (Å²) in [5.41, 5.74) is 2.06. The first-order valence-electron chi connectivity index (χ1n) is 6.94. The van der Waals surface area contributed by atoms with Crippen molar-refractivity contribution in [2.45, 2.75) is 6.61 Å². The molecule has 0 atom stereocenters. The Morgan fingerprint density at radius 1 is 1.12 bits per heavy atom. The molecule has 2 N–H and O–H groups in total. The molecule has 0 fully saturated rings. The number of ether oxygens (including phenoxy) is 1. The van der Waals surface area contributed by atoms with Gasteiger partial charge in [-0.25, -0.2) is 0 Å². The highest BCUT2D eigenvalue weighted by Gasteiger charge is 2.12. The SMILES string of the molecule is O=C(Nc1ccncc1)c1cc(-c2ccc(OC(F)F)cc2)n[nH]1. The number of pyridine rings is 1. The normalized spacial score (nSPS) is 10.6. The lowest BCUT2D eigenvalue weighted by Crippen LogP contribution is -2.12. The van der Waals surface area contributed by atoms with Crippen molar-refractivity contribution in [2.75, 3.05) is 5.32 Å². The summed E-state index contributed by atoms with van der Waals surface area (Å²) in [6.07, 6.45) is 3.13. The second-order valence-corrected chi connectivity index (χ2v) is 4.76. The number of rotatable bonds is 5. The number of alkyl halides is 2. The summed E-state index contributed by atoms with van der Waals surface area (Å²) in [5, 5.41) is 9.39. The highest BCUT2D eigenvalue weighted by molar-refractivity contribution is 6.03. The second-order valence-electron chi connectivity index (χ2n) is 4.76. The Hall–Kier alpha value is -3.29. The van der Waals surface area contributed by atoms with Crippen LogP contribution in [0.5, 0.6) is 5.75 Å². The first-order chi connectivity index (χ1) is 11.6. The van der Waals surface area contributed by atoms with Crippen LogP contribution in [-0.2, 0) is 0 Å². The van der Waals surface area contributed by atoms with E-state index in [1.165, 1.54) is 12.1 Å². The average molecular weight is 330 g/mol. The molecule has 3 rings (SSSR count). The van der Waals surface area contributed by atoms with E-state index in [9.17, 15) is 13.6 Å². The smallest absolute Gasteiger partial charge is 0.387 e. The Bertz CT molecular complexity index is 820. The van der Waals surface area contributed by atoms with E-state index < -0.39 is 6.61 Å². The summed E-state index contributed by atoms with van der Waals surface area (Å²) in [4.78, 5) is 16.0. The molecule has 0 radical (unpaired) electrons. The van der Waals surface area contributed by atoms with Crippen molar-refractivity contribution in [2.24, 2.45) is 0 Å². The third-order valence-electron chi connectivity index (χ3n) is 3.14. The maximum Gasteiger partial charge on any atom is 0.387 e. The Labute approximate surface area is 135 Å². The number of benzene rings is 1. The van der Waals surface area contributed by atoms with E-state index in [4.69, 9.17) is 0 Å². The van der Waals surface area contributed by atoms with Crippen molar-refractivity contribution in [3.8, 4) is 17.0 Å². The molecule has 3 aromatic rings. The van der Waals surface area contributed by atoms with Crippen molar-refractivity contribution in [1.29, 1.82) is 0 Å². The molecule has 2 heterocycles. The van der Waals surface area contributed by atoms with Crippen LogP contribution in [0, 0.1) is 0 Å². The molecule has 1 amide bonds. The molecular weight excluding hydrogens is 318 g/mol. The number of amides is 1. The number of halogens is 2. The molecule has 122 valence electrons. The molecule has 6 nitrogen and oxygen atoms in total. The zero-order chi connectivity index (χ0) is 16.9. The number of H-pyrrole nitrogens is 1. The number of nitrogens with one attached hydrogen (secondary N) is 2. The predicted octanol–water partition coefficient (Wildman–Crippen LogP) is 3.33. The third-order valence-corrected chi connectivity index (χ3v) is 3.14. The second kappa shape index (κ2) is 6.86. The highest BCUT2D eigenvalue weighted by atomic mass is 19.3. The monoisotopic (exact) mass is 330 g/mol. The van der Waals surface area contributed by atoms with Crippen LogP contribution in [0.25, 0.3) is 11.3 Å². The minimum Gasteiger partial charge on any atom is -0.435 e. The fraction of sp³-hybridized carbons (Fsp3) is 0.0625. The van der Waals surface area contributed by atoms with Gasteiger partial charge in [0.1, 0.15) is 11.4 Å². The van der Waals surface area contributed by atoms with Crippen molar-refractivity contribution >= 4 is 11.6 Å². The van der Waals surface area contributed by atoms with Crippen molar-refractivity contribution in [3.63, 3.8) is 0 Å². The third kappa shape index (κ3) is 3.72. The summed E-state index contributed by atoms with van der Waals surface area (Å²) < 4.78 is 28.5. The van der Waals surface area contributed by atoms with E-state index in [0.29, 0.717) is 16.9 Å². The Morgan fingerprint density at radius 2 is 1.83 bits per heavy atom. The lowest BCUT2D eigenvalue weighted by atomic mass is 10.1. The molecule has 0 bridgehead atoms. The van der Waals surface area contributed by atoms with Crippen LogP contribution in [0.4, 0.5) is 14.5 Å². The standard InChI is InChI=1S/C16H12F2N4O2/c17-16(18)24-12-3-1-10(2-4-12)13-9-14(22-21-13)15(23)20-11-5-7-19-8-6-11/h1-9,16H,(H,21,22)(H,19,20,23). The van der Waals surface area contributed by atoms with Crippen molar-refractivity contribution < 1.29 is 18.3 Å². The maximum atomic E-state index is 12.1. The fourth-order valence-electron chi connectivity index (χ4n) is 2.03. The van der Waals surface area contributed by atoms with Gasteiger partial charge in [0.2, 0.25) is 0 Å². The number of nitrogens with zero attached hydrogens (tertiary/aromatic N) is 2. The number of aromatic amines is 1. The summed E-state index contributed by atoms with van der Waals surface area (Å²) in [7, 11) is 0. The van der Waals surface area contributed by atoms with Gasteiger partial charge in [0.25, 0.3) is 5.91 Å².